The van der Waals surface area contributed by atoms with Gasteiger partial charge >= 0.3 is 12.4 Å². The molecule has 4 rings (SSSR count). The van der Waals surface area contributed by atoms with Gasteiger partial charge in [-0.05, 0) is 83.9 Å². The van der Waals surface area contributed by atoms with E-state index < -0.39 is 57.7 Å². The molecule has 0 spiro atoms. The summed E-state index contributed by atoms with van der Waals surface area (Å²) in [4.78, 5) is 23.5. The SMILES string of the molecule is Nc1ccc(C(c2ccc(NC(=O)c3ccc(Oc4ccc(C=O)cc4)cc3)c(O)c2)(C(F)(F)F)C(F)(F)F)cc1O. The van der Waals surface area contributed by atoms with Crippen molar-refractivity contribution in [3.8, 4) is 23.0 Å². The van der Waals surface area contributed by atoms with Gasteiger partial charge in [0.05, 0.1) is 11.4 Å². The molecule has 0 heterocycles. The van der Waals surface area contributed by atoms with Crippen LogP contribution in [0.4, 0.5) is 37.7 Å². The molecule has 0 saturated carbocycles. The number of hydrogen-bond acceptors (Lipinski definition) is 6. The highest BCUT2D eigenvalue weighted by Crippen LogP contribution is 2.57. The molecule has 0 aliphatic carbocycles. The molecule has 1 amide bonds. The van der Waals surface area contributed by atoms with E-state index in [1.165, 1.54) is 36.4 Å². The van der Waals surface area contributed by atoms with Gasteiger partial charge in [0.15, 0.2) is 0 Å². The predicted molar refractivity (Wildman–Crippen MR) is 140 cm³/mol. The van der Waals surface area contributed by atoms with Gasteiger partial charge in [0.1, 0.15) is 29.3 Å². The molecule has 0 bridgehead atoms. The van der Waals surface area contributed by atoms with Crippen molar-refractivity contribution in [3.05, 3.63) is 107 Å². The maximum Gasteiger partial charge on any atom is 0.411 e. The Hall–Kier alpha value is -5.20. The second kappa shape index (κ2) is 11.0. The number of aldehydes is 1. The number of nitrogens with two attached hydrogens (primary N) is 1. The van der Waals surface area contributed by atoms with Crippen LogP contribution in [0.2, 0.25) is 0 Å². The van der Waals surface area contributed by atoms with Gasteiger partial charge in [0.2, 0.25) is 5.41 Å². The largest absolute Gasteiger partial charge is 0.506 e. The van der Waals surface area contributed by atoms with Gasteiger partial charge in [-0.1, -0.05) is 12.1 Å². The monoisotopic (exact) mass is 590 g/mol. The summed E-state index contributed by atoms with van der Waals surface area (Å²) in [6, 6.07) is 14.6. The summed E-state index contributed by atoms with van der Waals surface area (Å²) in [5.74, 6) is -2.17. The van der Waals surface area contributed by atoms with E-state index in [1.54, 1.807) is 12.1 Å². The molecule has 218 valence electrons. The third-order valence-electron chi connectivity index (χ3n) is 6.36. The van der Waals surface area contributed by atoms with Crippen LogP contribution in [-0.2, 0) is 5.41 Å². The first-order valence-electron chi connectivity index (χ1n) is 11.9. The Bertz CT molecular complexity index is 1600. The zero-order valence-electron chi connectivity index (χ0n) is 21.1. The summed E-state index contributed by atoms with van der Waals surface area (Å²) in [5.41, 5.74) is -2.51. The van der Waals surface area contributed by atoms with E-state index in [9.17, 15) is 46.1 Å². The van der Waals surface area contributed by atoms with Gasteiger partial charge in [-0.15, -0.1) is 0 Å². The molecular weight excluding hydrogens is 570 g/mol. The van der Waals surface area contributed by atoms with Crippen LogP contribution < -0.4 is 15.8 Å². The third kappa shape index (κ3) is 5.53. The number of carbonyl (C=O) groups excluding carboxylic acids is 2. The highest BCUT2D eigenvalue weighted by Gasteiger charge is 2.72. The van der Waals surface area contributed by atoms with Crippen LogP contribution in [0.15, 0.2) is 84.9 Å². The lowest BCUT2D eigenvalue weighted by atomic mass is 9.72. The van der Waals surface area contributed by atoms with Crippen molar-refractivity contribution in [2.75, 3.05) is 11.1 Å². The maximum atomic E-state index is 14.3. The molecule has 42 heavy (non-hydrogen) atoms. The number of aromatic hydroxyl groups is 2. The molecule has 5 N–H and O–H groups in total. The Morgan fingerprint density at radius 2 is 1.24 bits per heavy atom. The van der Waals surface area contributed by atoms with Crippen molar-refractivity contribution >= 4 is 23.6 Å². The lowest BCUT2D eigenvalue weighted by molar-refractivity contribution is -0.288. The molecule has 7 nitrogen and oxygen atoms in total. The van der Waals surface area contributed by atoms with Gasteiger partial charge in [-0.2, -0.15) is 26.3 Å². The third-order valence-corrected chi connectivity index (χ3v) is 6.36. The Morgan fingerprint density at radius 3 is 1.71 bits per heavy atom. The number of phenolic OH excluding ortho intramolecular Hbond substituents is 2. The Balaban J connectivity index is 1.62. The zero-order chi connectivity index (χ0) is 30.9. The fraction of sp³-hybridized carbons (Fsp3) is 0.103. The van der Waals surface area contributed by atoms with Crippen LogP contribution in [-0.4, -0.2) is 34.8 Å². The lowest BCUT2D eigenvalue weighted by Gasteiger charge is -2.38. The Kier molecular flexibility index (Phi) is 7.79. The highest BCUT2D eigenvalue weighted by atomic mass is 19.4. The smallest absolute Gasteiger partial charge is 0.411 e. The van der Waals surface area contributed by atoms with Crippen molar-refractivity contribution < 1.29 is 50.9 Å². The van der Waals surface area contributed by atoms with E-state index in [2.05, 4.69) is 5.32 Å². The van der Waals surface area contributed by atoms with Gasteiger partial charge in [-0.3, -0.25) is 9.59 Å². The minimum absolute atomic E-state index is 0.0272. The zero-order valence-corrected chi connectivity index (χ0v) is 21.1. The van der Waals surface area contributed by atoms with Crippen LogP contribution in [0.25, 0.3) is 0 Å². The van der Waals surface area contributed by atoms with Gasteiger partial charge in [-0.25, -0.2) is 0 Å². The number of phenols is 2. The number of alkyl halides is 6. The van der Waals surface area contributed by atoms with Crippen molar-refractivity contribution in [3.63, 3.8) is 0 Å². The molecule has 0 fully saturated rings. The van der Waals surface area contributed by atoms with E-state index in [4.69, 9.17) is 10.5 Å². The Morgan fingerprint density at radius 1 is 0.738 bits per heavy atom. The minimum atomic E-state index is -5.98. The number of ether oxygens (including phenoxy) is 1. The van der Waals surface area contributed by atoms with E-state index in [1.807, 2.05) is 0 Å². The fourth-order valence-electron chi connectivity index (χ4n) is 4.25. The van der Waals surface area contributed by atoms with E-state index in [-0.39, 0.29) is 17.7 Å². The van der Waals surface area contributed by atoms with Crippen LogP contribution >= 0.6 is 0 Å². The van der Waals surface area contributed by atoms with E-state index in [0.29, 0.717) is 47.6 Å². The molecule has 0 aliphatic heterocycles. The maximum absolute atomic E-state index is 14.3. The summed E-state index contributed by atoms with van der Waals surface area (Å²) in [6.07, 6.45) is -11.3. The second-order valence-electron chi connectivity index (χ2n) is 9.02. The number of hydrogen-bond donors (Lipinski definition) is 4. The van der Waals surface area contributed by atoms with Gasteiger partial charge in [0, 0.05) is 11.1 Å². The first-order chi connectivity index (χ1) is 19.7. The standard InChI is InChI=1S/C29H20F6N2O5/c30-28(31,32)27(29(33,34)35,18-5-11-22(36)24(39)13-18)19-6-12-23(25(40)14-19)37-26(41)17-3-9-21(10-4-17)42-20-7-1-16(15-38)2-8-20/h1-15,39-40H,36H2,(H,37,41). The summed E-state index contributed by atoms with van der Waals surface area (Å²) >= 11 is 0. The molecule has 0 atom stereocenters. The number of nitrogen functional groups attached to an aromatic ring is 1. The molecule has 4 aromatic rings. The predicted octanol–water partition coefficient (Wildman–Crippen LogP) is 6.95. The van der Waals surface area contributed by atoms with Gasteiger partial charge < -0.3 is 26.0 Å². The normalized spacial score (nSPS) is 12.0. The number of anilines is 2. The summed E-state index contributed by atoms with van der Waals surface area (Å²) in [5, 5.41) is 22.4. The number of benzene rings is 4. The average molecular weight is 590 g/mol. The average Bonchev–Trinajstić information content (AvgIpc) is 2.91. The number of nitrogens with one attached hydrogen (secondary N) is 1. The van der Waals surface area contributed by atoms with E-state index in [0.717, 1.165) is 0 Å². The summed E-state index contributed by atoms with van der Waals surface area (Å²) in [7, 11) is 0. The van der Waals surface area contributed by atoms with E-state index >= 15 is 0 Å². The highest BCUT2D eigenvalue weighted by molar-refractivity contribution is 6.05. The Labute approximate surface area is 233 Å². The van der Waals surface area contributed by atoms with Crippen molar-refractivity contribution in [1.82, 2.24) is 0 Å². The first-order valence-corrected chi connectivity index (χ1v) is 11.9. The van der Waals surface area contributed by atoms with Crippen molar-refractivity contribution in [2.45, 2.75) is 17.8 Å². The topological polar surface area (TPSA) is 122 Å². The lowest BCUT2D eigenvalue weighted by Crippen LogP contribution is -2.54. The van der Waals surface area contributed by atoms with Gasteiger partial charge in [0.25, 0.3) is 5.91 Å². The van der Waals surface area contributed by atoms with Crippen molar-refractivity contribution in [2.24, 2.45) is 0 Å². The fourth-order valence-corrected chi connectivity index (χ4v) is 4.25. The number of amides is 1. The summed E-state index contributed by atoms with van der Waals surface area (Å²) in [6.45, 7) is 0. The van der Waals surface area contributed by atoms with Crippen LogP contribution in [0.5, 0.6) is 23.0 Å². The molecule has 0 radical (unpaired) electrons. The van der Waals surface area contributed by atoms with Crippen molar-refractivity contribution in [1.29, 1.82) is 0 Å². The molecule has 0 unspecified atom stereocenters. The first kappa shape index (κ1) is 29.8. The quantitative estimate of drug-likeness (QED) is 0.0800. The molecule has 4 aromatic carbocycles. The van der Waals surface area contributed by atoms with Crippen LogP contribution in [0.1, 0.15) is 31.8 Å². The molecule has 13 heteroatoms. The summed E-state index contributed by atoms with van der Waals surface area (Å²) < 4.78 is 91.6. The number of halogens is 6. The second-order valence-corrected chi connectivity index (χ2v) is 9.02. The molecule has 0 saturated heterocycles. The van der Waals surface area contributed by atoms with Crippen LogP contribution in [0, 0.1) is 0 Å². The number of rotatable bonds is 7. The molecular formula is C29H20F6N2O5. The number of carbonyl (C=O) groups is 2. The minimum Gasteiger partial charge on any atom is -0.506 e. The van der Waals surface area contributed by atoms with Crippen LogP contribution in [0.3, 0.4) is 0 Å². The molecule has 0 aromatic heterocycles. The molecule has 0 aliphatic rings.